The van der Waals surface area contributed by atoms with Crippen LogP contribution >= 0.6 is 11.3 Å². The van der Waals surface area contributed by atoms with E-state index in [1.807, 2.05) is 11.3 Å². The minimum atomic E-state index is -0.655. The molecule has 1 spiro atoms. The molecule has 11 aromatic carbocycles. The van der Waals surface area contributed by atoms with Gasteiger partial charge in [0.15, 0.2) is 0 Å². The Balaban J connectivity index is 1.03. The lowest BCUT2D eigenvalue weighted by Crippen LogP contribution is -2.29. The molecule has 0 fully saturated rings. The normalized spacial score (nSPS) is 15.2. The van der Waals surface area contributed by atoms with Crippen molar-refractivity contribution in [3.63, 3.8) is 0 Å². The second-order valence-electron chi connectivity index (χ2n) is 20.3. The van der Waals surface area contributed by atoms with E-state index in [1.54, 1.807) is 0 Å². The first-order chi connectivity index (χ1) is 35.5. The van der Waals surface area contributed by atoms with Gasteiger partial charge in [-0.3, -0.25) is 0 Å². The summed E-state index contributed by atoms with van der Waals surface area (Å²) in [5.41, 5.74) is 25.5. The molecule has 1 aromatic heterocycles. The van der Waals surface area contributed by atoms with Crippen LogP contribution in [0.3, 0.4) is 0 Å². The van der Waals surface area contributed by atoms with Crippen LogP contribution in [0, 0.1) is 0 Å². The van der Waals surface area contributed by atoms with Crippen LogP contribution in [0.5, 0.6) is 0 Å². The molecule has 0 radical (unpaired) electrons. The molecule has 0 saturated carbocycles. The predicted molar refractivity (Wildman–Crippen MR) is 304 cm³/mol. The van der Waals surface area contributed by atoms with Gasteiger partial charge < -0.3 is 4.90 Å². The minimum absolute atomic E-state index is 0.180. The van der Waals surface area contributed by atoms with Gasteiger partial charge in [-0.05, 0) is 143 Å². The Bertz CT molecular complexity index is 4190. The van der Waals surface area contributed by atoms with Gasteiger partial charge >= 0.3 is 0 Å². The number of hydrogen-bond acceptors (Lipinski definition) is 2. The van der Waals surface area contributed by atoms with Crippen molar-refractivity contribution in [3.8, 4) is 66.8 Å². The molecule has 1 unspecified atom stereocenters. The Morgan fingerprint density at radius 1 is 0.292 bits per heavy atom. The lowest BCUT2D eigenvalue weighted by Gasteiger charge is -2.37. The summed E-state index contributed by atoms with van der Waals surface area (Å²) in [4.78, 5) is 2.55. The molecule has 0 bridgehead atoms. The quantitative estimate of drug-likeness (QED) is 0.166. The van der Waals surface area contributed by atoms with Gasteiger partial charge in [0.05, 0.1) is 11.1 Å². The number of thiophene rings is 1. The molecule has 338 valence electrons. The predicted octanol–water partition coefficient (Wildman–Crippen LogP) is 19.2. The molecule has 1 heterocycles. The molecule has 2 heteroatoms. The largest absolute Gasteiger partial charge is 0.310 e. The zero-order valence-corrected chi connectivity index (χ0v) is 40.8. The van der Waals surface area contributed by atoms with Crippen LogP contribution < -0.4 is 4.90 Å². The topological polar surface area (TPSA) is 3.24 Å². The van der Waals surface area contributed by atoms with E-state index >= 15 is 0 Å². The summed E-state index contributed by atoms with van der Waals surface area (Å²) < 4.78 is 2.63. The molecule has 0 saturated heterocycles. The number of benzene rings is 11. The summed E-state index contributed by atoms with van der Waals surface area (Å²) in [5.74, 6) is 0. The minimum Gasteiger partial charge on any atom is -0.310 e. The van der Waals surface area contributed by atoms with Crippen LogP contribution in [0.15, 0.2) is 249 Å². The van der Waals surface area contributed by atoms with E-state index in [9.17, 15) is 0 Å². The maximum absolute atomic E-state index is 2.57. The highest BCUT2D eigenvalue weighted by molar-refractivity contribution is 7.25. The molecule has 15 rings (SSSR count). The van der Waals surface area contributed by atoms with Gasteiger partial charge in [0.1, 0.15) is 0 Å². The zero-order chi connectivity index (χ0) is 47.7. The zero-order valence-electron chi connectivity index (χ0n) is 40.0. The van der Waals surface area contributed by atoms with Gasteiger partial charge in [-0.25, -0.2) is 0 Å². The number of rotatable bonds is 5. The molecule has 3 aliphatic carbocycles. The molecule has 12 aromatic rings. The second-order valence-corrected chi connectivity index (χ2v) is 21.4. The third-order valence-corrected chi connectivity index (χ3v) is 17.5. The number of nitrogens with zero attached hydrogens (tertiary/aromatic N) is 1. The summed E-state index contributed by atoms with van der Waals surface area (Å²) >= 11 is 1.91. The van der Waals surface area contributed by atoms with E-state index in [0.717, 1.165) is 17.1 Å². The van der Waals surface area contributed by atoms with E-state index < -0.39 is 5.41 Å². The van der Waals surface area contributed by atoms with Crippen molar-refractivity contribution in [1.29, 1.82) is 0 Å². The van der Waals surface area contributed by atoms with Crippen LogP contribution in [0.25, 0.3) is 86.9 Å². The lowest BCUT2D eigenvalue weighted by molar-refractivity contribution is 0.660. The van der Waals surface area contributed by atoms with Crippen molar-refractivity contribution >= 4 is 48.6 Å². The Labute approximate surface area is 424 Å². The molecule has 72 heavy (non-hydrogen) atoms. The maximum atomic E-state index is 2.57. The molecule has 0 aliphatic heterocycles. The first kappa shape index (κ1) is 41.2. The van der Waals surface area contributed by atoms with Crippen LogP contribution in [-0.4, -0.2) is 0 Å². The van der Waals surface area contributed by atoms with Crippen molar-refractivity contribution < 1.29 is 0 Å². The average molecular weight is 934 g/mol. The van der Waals surface area contributed by atoms with Gasteiger partial charge in [-0.2, -0.15) is 0 Å². The summed E-state index contributed by atoms with van der Waals surface area (Å²) in [7, 11) is 0. The van der Waals surface area contributed by atoms with Crippen LogP contribution in [0.2, 0.25) is 0 Å². The molecular weight excluding hydrogens is 887 g/mol. The second kappa shape index (κ2) is 15.5. The smallest absolute Gasteiger partial charge is 0.0726 e. The SMILES string of the molecule is CC1(C)c2ccccc2-c2ccc(N(c3ccc4c(c3)C3(c5ccccc5-c5ccccc5-4)c4ccccc4-c4cc5c(cc43)sc3ccccc35)c3ccccc3-c3ccc(-c4ccccc4)cc3)cc21. The molecule has 1 atom stereocenters. The highest BCUT2D eigenvalue weighted by Crippen LogP contribution is 2.63. The summed E-state index contributed by atoms with van der Waals surface area (Å²) in [6.45, 7) is 4.77. The Kier molecular flexibility index (Phi) is 8.86. The Hall–Kier alpha value is -8.56. The average Bonchev–Trinajstić information content (AvgIpc) is 4.01. The fraction of sp³-hybridized carbons (Fsp3) is 0.0571. The molecular formula is C70H47NS. The Morgan fingerprint density at radius 2 is 0.764 bits per heavy atom. The van der Waals surface area contributed by atoms with Crippen LogP contribution in [0.1, 0.15) is 47.2 Å². The first-order valence-electron chi connectivity index (χ1n) is 25.2. The summed E-state index contributed by atoms with van der Waals surface area (Å²) in [6, 6.07) is 94.0. The van der Waals surface area contributed by atoms with E-state index in [0.29, 0.717) is 0 Å². The standard InChI is InChI=1S/C70H47NS/c1-69(2)60-27-13-8-24-53(60)56-39-37-47(40-63(56)69)71(66-30-16-11-20-49(66)46-34-32-45(33-35-46)44-18-4-3-5-19-44)48-36-38-55-51-22-7-6-21-50(51)52-23-9-14-28-61(52)70(64(55)41-48)62-29-15-10-25-54(62)58-42-59-57-26-12-17-31-67(57)72-68(59)43-65(58)70/h3-43H,1-2H3. The van der Waals surface area contributed by atoms with E-state index in [4.69, 9.17) is 0 Å². The fourth-order valence-corrected chi connectivity index (χ4v) is 14.2. The monoisotopic (exact) mass is 933 g/mol. The van der Waals surface area contributed by atoms with Crippen LogP contribution in [0.4, 0.5) is 17.1 Å². The highest BCUT2D eigenvalue weighted by Gasteiger charge is 2.50. The fourth-order valence-electron chi connectivity index (χ4n) is 13.1. The van der Waals surface area contributed by atoms with Crippen molar-refractivity contribution in [1.82, 2.24) is 0 Å². The third-order valence-electron chi connectivity index (χ3n) is 16.3. The number of anilines is 3. The van der Waals surface area contributed by atoms with E-state index in [1.165, 1.54) is 120 Å². The van der Waals surface area contributed by atoms with Crippen molar-refractivity contribution in [2.75, 3.05) is 4.90 Å². The van der Waals surface area contributed by atoms with Gasteiger partial charge in [0.25, 0.3) is 0 Å². The number of para-hydroxylation sites is 1. The first-order valence-corrected chi connectivity index (χ1v) is 26.0. The van der Waals surface area contributed by atoms with E-state index in [-0.39, 0.29) is 5.41 Å². The number of fused-ring (bicyclic) bond motifs is 18. The van der Waals surface area contributed by atoms with Crippen molar-refractivity contribution in [2.45, 2.75) is 24.7 Å². The van der Waals surface area contributed by atoms with E-state index in [2.05, 4.69) is 267 Å². The third kappa shape index (κ3) is 5.76. The number of hydrogen-bond donors (Lipinski definition) is 0. The van der Waals surface area contributed by atoms with Gasteiger partial charge in [0.2, 0.25) is 0 Å². The highest BCUT2D eigenvalue weighted by atomic mass is 32.1. The van der Waals surface area contributed by atoms with Gasteiger partial charge in [-0.15, -0.1) is 11.3 Å². The maximum Gasteiger partial charge on any atom is 0.0726 e. The van der Waals surface area contributed by atoms with Crippen LogP contribution in [-0.2, 0) is 10.8 Å². The van der Waals surface area contributed by atoms with Gasteiger partial charge in [0, 0.05) is 42.5 Å². The summed E-state index contributed by atoms with van der Waals surface area (Å²) in [6.07, 6.45) is 0. The Morgan fingerprint density at radius 3 is 1.46 bits per heavy atom. The summed E-state index contributed by atoms with van der Waals surface area (Å²) in [5, 5.41) is 2.64. The molecule has 3 aliphatic rings. The molecule has 1 nitrogen and oxygen atoms in total. The van der Waals surface area contributed by atoms with Crippen molar-refractivity contribution in [2.24, 2.45) is 0 Å². The lowest BCUT2D eigenvalue weighted by atomic mass is 9.65. The van der Waals surface area contributed by atoms with Crippen molar-refractivity contribution in [3.05, 3.63) is 282 Å². The molecule has 0 amide bonds. The molecule has 0 N–H and O–H groups in total. The van der Waals surface area contributed by atoms with Gasteiger partial charge in [-0.1, -0.05) is 214 Å².